The first-order valence-electron chi connectivity index (χ1n) is 7.21. The largest absolute Gasteiger partial charge is 0.357 e. The summed E-state index contributed by atoms with van der Waals surface area (Å²) in [5, 5.41) is 6.72. The predicted octanol–water partition coefficient (Wildman–Crippen LogP) is 3.61. The molecule has 2 N–H and O–H groups in total. The number of hydrogen-bond acceptors (Lipinski definition) is 3. The van der Waals surface area contributed by atoms with Gasteiger partial charge in [0.1, 0.15) is 0 Å². The van der Waals surface area contributed by atoms with Gasteiger partial charge in [-0.15, -0.1) is 11.8 Å². The number of benzene rings is 1. The number of nitrogens with one attached hydrogen (secondary N) is 2. The smallest absolute Gasteiger partial charge is 0.191 e. The Labute approximate surface area is 137 Å². The van der Waals surface area contributed by atoms with Gasteiger partial charge in [-0.3, -0.25) is 0 Å². The second-order valence-electron chi connectivity index (χ2n) is 5.36. The van der Waals surface area contributed by atoms with Crippen LogP contribution in [-0.4, -0.2) is 36.3 Å². The third kappa shape index (κ3) is 7.14. The molecule has 0 atom stereocenters. The van der Waals surface area contributed by atoms with Crippen LogP contribution < -0.4 is 10.6 Å². The molecule has 0 unspecified atom stereocenters. The van der Waals surface area contributed by atoms with Crippen LogP contribution in [0.15, 0.2) is 34.2 Å². The highest BCUT2D eigenvalue weighted by atomic mass is 32.2. The van der Waals surface area contributed by atoms with Crippen LogP contribution in [0.2, 0.25) is 0 Å². The Balaban J connectivity index is 2.61. The van der Waals surface area contributed by atoms with Gasteiger partial charge in [-0.2, -0.15) is 11.8 Å². The number of thioether (sulfide) groups is 2. The number of nitrogens with zero attached hydrogens (tertiary/aromatic N) is 1. The molecule has 5 heteroatoms. The van der Waals surface area contributed by atoms with E-state index in [2.05, 4.69) is 73.2 Å². The molecule has 0 radical (unpaired) electrons. The van der Waals surface area contributed by atoms with Crippen molar-refractivity contribution in [2.24, 2.45) is 4.99 Å². The fourth-order valence-corrected chi connectivity index (χ4v) is 2.24. The van der Waals surface area contributed by atoms with Gasteiger partial charge < -0.3 is 10.6 Å². The summed E-state index contributed by atoms with van der Waals surface area (Å²) in [6, 6.07) is 8.58. The molecule has 0 aliphatic rings. The number of guanidine groups is 1. The van der Waals surface area contributed by atoms with Gasteiger partial charge >= 0.3 is 0 Å². The van der Waals surface area contributed by atoms with Crippen LogP contribution in [0.5, 0.6) is 0 Å². The average molecular weight is 326 g/mol. The lowest BCUT2D eigenvalue weighted by atomic mass is 10.2. The minimum Gasteiger partial charge on any atom is -0.357 e. The fraction of sp³-hybridized carbons (Fsp3) is 0.562. The predicted molar refractivity (Wildman–Crippen MR) is 98.6 cm³/mol. The highest BCUT2D eigenvalue weighted by Crippen LogP contribution is 2.19. The second-order valence-corrected chi connectivity index (χ2v) is 7.75. The minimum absolute atomic E-state index is 0.205. The lowest BCUT2D eigenvalue weighted by Crippen LogP contribution is -2.43. The van der Waals surface area contributed by atoms with E-state index in [4.69, 9.17) is 0 Å². The summed E-state index contributed by atoms with van der Waals surface area (Å²) < 4.78 is 0.205. The number of hydrogen-bond donors (Lipinski definition) is 2. The van der Waals surface area contributed by atoms with E-state index in [1.165, 1.54) is 10.5 Å². The van der Waals surface area contributed by atoms with Crippen molar-refractivity contribution in [3.8, 4) is 0 Å². The monoisotopic (exact) mass is 325 g/mol. The molecule has 0 saturated heterocycles. The Kier molecular flexibility index (Phi) is 8.04. The Morgan fingerprint density at radius 2 is 1.81 bits per heavy atom. The van der Waals surface area contributed by atoms with E-state index in [9.17, 15) is 0 Å². The maximum absolute atomic E-state index is 4.65. The van der Waals surface area contributed by atoms with Crippen molar-refractivity contribution >= 4 is 29.5 Å². The van der Waals surface area contributed by atoms with E-state index in [-0.39, 0.29) is 4.75 Å². The summed E-state index contributed by atoms with van der Waals surface area (Å²) >= 11 is 3.62. The maximum Gasteiger partial charge on any atom is 0.191 e. The Morgan fingerprint density at radius 1 is 1.14 bits per heavy atom. The molecule has 0 heterocycles. The first kappa shape index (κ1) is 18.2. The quantitative estimate of drug-likeness (QED) is 0.456. The molecule has 0 bridgehead atoms. The zero-order valence-electron chi connectivity index (χ0n) is 13.7. The van der Waals surface area contributed by atoms with E-state index in [0.29, 0.717) is 6.54 Å². The standard InChI is InChI=1S/C16H27N3S2/c1-6-17-15(19-12-16(2,3)21-5)18-11-13-7-9-14(20-4)10-8-13/h7-10H,6,11-12H2,1-5H3,(H2,17,18,19). The summed E-state index contributed by atoms with van der Waals surface area (Å²) in [6.45, 7) is 9.01. The topological polar surface area (TPSA) is 36.4 Å². The average Bonchev–Trinajstić information content (AvgIpc) is 2.50. The molecule has 1 aromatic rings. The summed E-state index contributed by atoms with van der Waals surface area (Å²) in [6.07, 6.45) is 4.23. The Morgan fingerprint density at radius 3 is 2.33 bits per heavy atom. The van der Waals surface area contributed by atoms with Gasteiger partial charge in [0, 0.05) is 22.7 Å². The zero-order valence-corrected chi connectivity index (χ0v) is 15.3. The SMILES string of the molecule is CCNC(=NCc1ccc(SC)cc1)NCC(C)(C)SC. The molecule has 3 nitrogen and oxygen atoms in total. The first-order chi connectivity index (χ1) is 10.0. The zero-order chi connectivity index (χ0) is 15.7. The van der Waals surface area contributed by atoms with Crippen LogP contribution >= 0.6 is 23.5 Å². The molecule has 0 amide bonds. The number of rotatable bonds is 7. The summed E-state index contributed by atoms with van der Waals surface area (Å²) in [4.78, 5) is 5.94. The van der Waals surface area contributed by atoms with Crippen molar-refractivity contribution in [1.82, 2.24) is 10.6 Å². The Bertz CT molecular complexity index is 441. The lowest BCUT2D eigenvalue weighted by Gasteiger charge is -2.23. The van der Waals surface area contributed by atoms with Crippen LogP contribution in [0.1, 0.15) is 26.3 Å². The van der Waals surface area contributed by atoms with Crippen molar-refractivity contribution < 1.29 is 0 Å². The van der Waals surface area contributed by atoms with Gasteiger partial charge in [-0.05, 0) is 51.0 Å². The van der Waals surface area contributed by atoms with Crippen LogP contribution in [0.4, 0.5) is 0 Å². The molecule has 0 aliphatic carbocycles. The molecule has 0 aromatic heterocycles. The number of aliphatic imine (C=N–C) groups is 1. The molecular weight excluding hydrogens is 298 g/mol. The first-order valence-corrected chi connectivity index (χ1v) is 9.66. The lowest BCUT2D eigenvalue weighted by molar-refractivity contribution is 0.665. The molecule has 1 rings (SSSR count). The molecule has 118 valence electrons. The molecule has 1 aromatic carbocycles. The van der Waals surface area contributed by atoms with Crippen LogP contribution in [0.3, 0.4) is 0 Å². The van der Waals surface area contributed by atoms with E-state index < -0.39 is 0 Å². The third-order valence-corrected chi connectivity index (χ3v) is 5.15. The molecule has 21 heavy (non-hydrogen) atoms. The highest BCUT2D eigenvalue weighted by molar-refractivity contribution is 8.00. The van der Waals surface area contributed by atoms with Gasteiger partial charge in [0.15, 0.2) is 5.96 Å². The van der Waals surface area contributed by atoms with Crippen LogP contribution in [0, 0.1) is 0 Å². The molecule has 0 spiro atoms. The van der Waals surface area contributed by atoms with Gasteiger partial charge in [0.25, 0.3) is 0 Å². The highest BCUT2D eigenvalue weighted by Gasteiger charge is 2.15. The van der Waals surface area contributed by atoms with E-state index in [1.54, 1.807) is 11.8 Å². The normalized spacial score (nSPS) is 12.3. The van der Waals surface area contributed by atoms with Crippen LogP contribution in [0.25, 0.3) is 0 Å². The minimum atomic E-state index is 0.205. The molecular formula is C16H27N3S2. The van der Waals surface area contributed by atoms with Gasteiger partial charge in [0.05, 0.1) is 6.54 Å². The van der Waals surface area contributed by atoms with Crippen molar-refractivity contribution in [2.45, 2.75) is 37.0 Å². The van der Waals surface area contributed by atoms with E-state index in [1.807, 2.05) is 11.8 Å². The third-order valence-electron chi connectivity index (χ3n) is 3.16. The summed E-state index contributed by atoms with van der Waals surface area (Å²) in [5.41, 5.74) is 1.23. The fourth-order valence-electron chi connectivity index (χ4n) is 1.61. The summed E-state index contributed by atoms with van der Waals surface area (Å²) in [7, 11) is 0. The maximum atomic E-state index is 4.65. The molecule has 0 saturated carbocycles. The summed E-state index contributed by atoms with van der Waals surface area (Å²) in [5.74, 6) is 0.883. The molecule has 0 aliphatic heterocycles. The van der Waals surface area contributed by atoms with Gasteiger partial charge in [-0.25, -0.2) is 4.99 Å². The van der Waals surface area contributed by atoms with Crippen molar-refractivity contribution in [1.29, 1.82) is 0 Å². The van der Waals surface area contributed by atoms with Gasteiger partial charge in [-0.1, -0.05) is 12.1 Å². The van der Waals surface area contributed by atoms with Gasteiger partial charge in [0.2, 0.25) is 0 Å². The van der Waals surface area contributed by atoms with Crippen molar-refractivity contribution in [3.05, 3.63) is 29.8 Å². The van der Waals surface area contributed by atoms with E-state index >= 15 is 0 Å². The van der Waals surface area contributed by atoms with Crippen molar-refractivity contribution in [3.63, 3.8) is 0 Å². The van der Waals surface area contributed by atoms with Crippen molar-refractivity contribution in [2.75, 3.05) is 25.6 Å². The Hall–Kier alpha value is -0.810. The second kappa shape index (κ2) is 9.26. The molecule has 0 fully saturated rings. The van der Waals surface area contributed by atoms with E-state index in [0.717, 1.165) is 19.0 Å². The van der Waals surface area contributed by atoms with Crippen LogP contribution in [-0.2, 0) is 6.54 Å².